The minimum atomic E-state index is -0.348. The lowest BCUT2D eigenvalue weighted by Crippen LogP contribution is -1.83. The van der Waals surface area contributed by atoms with Crippen LogP contribution in [0, 0.1) is 5.82 Å². The maximum absolute atomic E-state index is 13.1. The number of nitrogens with one attached hydrogen (secondary N) is 1. The molecule has 6 heteroatoms. The van der Waals surface area contributed by atoms with E-state index in [4.69, 9.17) is 11.6 Å². The molecule has 0 aliphatic carbocycles. The summed E-state index contributed by atoms with van der Waals surface area (Å²) in [5.41, 5.74) is 1.63. The standard InChI is InChI=1S/C13H7BrClFN2O/c14-9-4-6(15)3-8(12(9)19)13-17-10-2-1-7(16)5-11(10)18-13/h1-5,19H,(H,17,18). The fourth-order valence-corrected chi connectivity index (χ4v) is 2.67. The lowest BCUT2D eigenvalue weighted by molar-refractivity contribution is 0.473. The number of imidazole rings is 1. The number of rotatable bonds is 1. The van der Waals surface area contributed by atoms with Gasteiger partial charge >= 0.3 is 0 Å². The van der Waals surface area contributed by atoms with Crippen molar-refractivity contribution < 1.29 is 9.50 Å². The van der Waals surface area contributed by atoms with Crippen LogP contribution in [0.2, 0.25) is 5.02 Å². The number of fused-ring (bicyclic) bond motifs is 1. The van der Waals surface area contributed by atoms with Crippen LogP contribution in [0.15, 0.2) is 34.8 Å². The molecule has 1 heterocycles. The molecule has 0 aliphatic rings. The molecule has 3 nitrogen and oxygen atoms in total. The van der Waals surface area contributed by atoms with Gasteiger partial charge in [-0.3, -0.25) is 0 Å². The van der Waals surface area contributed by atoms with Crippen LogP contribution in [-0.2, 0) is 0 Å². The molecule has 0 atom stereocenters. The molecule has 0 amide bonds. The summed E-state index contributed by atoms with van der Waals surface area (Å²) in [6.07, 6.45) is 0. The maximum Gasteiger partial charge on any atom is 0.142 e. The molecule has 0 spiro atoms. The first-order valence-electron chi connectivity index (χ1n) is 5.38. The first-order chi connectivity index (χ1) is 9.04. The van der Waals surface area contributed by atoms with Gasteiger partial charge in [0.2, 0.25) is 0 Å². The van der Waals surface area contributed by atoms with Crippen LogP contribution in [0.25, 0.3) is 22.4 Å². The van der Waals surface area contributed by atoms with Crippen LogP contribution in [0.3, 0.4) is 0 Å². The number of nitrogens with zero attached hydrogens (tertiary/aromatic N) is 1. The second kappa shape index (κ2) is 4.51. The molecule has 96 valence electrons. The summed E-state index contributed by atoms with van der Waals surface area (Å²) >= 11 is 9.17. The van der Waals surface area contributed by atoms with Crippen molar-refractivity contribution in [3.05, 3.63) is 45.6 Å². The SMILES string of the molecule is Oc1c(Br)cc(Cl)cc1-c1nc2ccc(F)cc2[nH]1. The van der Waals surface area contributed by atoms with Gasteiger partial charge in [-0.15, -0.1) is 0 Å². The Morgan fingerprint density at radius 1 is 1.26 bits per heavy atom. The third kappa shape index (κ3) is 2.19. The highest BCUT2D eigenvalue weighted by Gasteiger charge is 2.13. The third-order valence-corrected chi connectivity index (χ3v) is 3.55. The van der Waals surface area contributed by atoms with E-state index in [0.29, 0.717) is 31.9 Å². The van der Waals surface area contributed by atoms with E-state index in [1.54, 1.807) is 18.2 Å². The number of aromatic nitrogens is 2. The summed E-state index contributed by atoms with van der Waals surface area (Å²) in [7, 11) is 0. The summed E-state index contributed by atoms with van der Waals surface area (Å²) in [5, 5.41) is 10.5. The number of aromatic hydroxyl groups is 1. The molecule has 0 saturated heterocycles. The second-order valence-electron chi connectivity index (χ2n) is 4.03. The fraction of sp³-hybridized carbons (Fsp3) is 0. The zero-order valence-electron chi connectivity index (χ0n) is 9.42. The van der Waals surface area contributed by atoms with Crippen molar-refractivity contribution in [3.8, 4) is 17.1 Å². The molecular formula is C13H7BrClFN2O. The summed E-state index contributed by atoms with van der Waals surface area (Å²) in [6, 6.07) is 7.43. The van der Waals surface area contributed by atoms with E-state index in [1.165, 1.54) is 12.1 Å². The van der Waals surface area contributed by atoms with Gasteiger partial charge in [0.25, 0.3) is 0 Å². The molecule has 2 aromatic carbocycles. The van der Waals surface area contributed by atoms with E-state index in [-0.39, 0.29) is 11.6 Å². The minimum Gasteiger partial charge on any atom is -0.506 e. The van der Waals surface area contributed by atoms with Crippen LogP contribution in [0.5, 0.6) is 5.75 Å². The van der Waals surface area contributed by atoms with Crippen molar-refractivity contribution in [2.75, 3.05) is 0 Å². The zero-order valence-corrected chi connectivity index (χ0v) is 11.8. The van der Waals surface area contributed by atoms with Crippen molar-refractivity contribution in [1.82, 2.24) is 9.97 Å². The molecule has 0 radical (unpaired) electrons. The number of benzene rings is 2. The van der Waals surface area contributed by atoms with E-state index in [2.05, 4.69) is 25.9 Å². The Hall–Kier alpha value is -1.59. The topological polar surface area (TPSA) is 48.9 Å². The Balaban J connectivity index is 2.24. The Bertz CT molecular complexity index is 788. The summed E-state index contributed by atoms with van der Waals surface area (Å²) in [4.78, 5) is 7.26. The number of phenolic OH excluding ortho intramolecular Hbond substituents is 1. The number of hydrogen-bond donors (Lipinski definition) is 2. The van der Waals surface area contributed by atoms with Gasteiger partial charge in [0, 0.05) is 5.02 Å². The van der Waals surface area contributed by atoms with Crippen molar-refractivity contribution >= 4 is 38.6 Å². The zero-order chi connectivity index (χ0) is 13.6. The maximum atomic E-state index is 13.1. The van der Waals surface area contributed by atoms with Crippen molar-refractivity contribution in [1.29, 1.82) is 0 Å². The number of aromatic amines is 1. The highest BCUT2D eigenvalue weighted by molar-refractivity contribution is 9.10. The predicted octanol–water partition coefficient (Wildman–Crippen LogP) is 4.49. The van der Waals surface area contributed by atoms with E-state index < -0.39 is 0 Å². The molecule has 19 heavy (non-hydrogen) atoms. The van der Waals surface area contributed by atoms with Gasteiger partial charge in [-0.05, 0) is 46.3 Å². The van der Waals surface area contributed by atoms with Crippen molar-refractivity contribution in [2.24, 2.45) is 0 Å². The summed E-state index contributed by atoms with van der Waals surface area (Å²) in [6.45, 7) is 0. The third-order valence-electron chi connectivity index (χ3n) is 2.73. The van der Waals surface area contributed by atoms with Gasteiger partial charge in [-0.2, -0.15) is 0 Å². The molecule has 0 unspecified atom stereocenters. The average molecular weight is 342 g/mol. The lowest BCUT2D eigenvalue weighted by atomic mass is 10.2. The van der Waals surface area contributed by atoms with Crippen LogP contribution >= 0.6 is 27.5 Å². The molecule has 3 rings (SSSR count). The van der Waals surface area contributed by atoms with Crippen LogP contribution < -0.4 is 0 Å². The second-order valence-corrected chi connectivity index (χ2v) is 5.32. The van der Waals surface area contributed by atoms with E-state index in [1.807, 2.05) is 0 Å². The van der Waals surface area contributed by atoms with Crippen molar-refractivity contribution in [3.63, 3.8) is 0 Å². The molecule has 0 fully saturated rings. The first-order valence-corrected chi connectivity index (χ1v) is 6.55. The van der Waals surface area contributed by atoms with E-state index >= 15 is 0 Å². The Labute approximate surface area is 121 Å². The summed E-state index contributed by atoms with van der Waals surface area (Å²) in [5.74, 6) is 0.115. The first kappa shape index (κ1) is 12.4. The normalized spacial score (nSPS) is 11.1. The van der Waals surface area contributed by atoms with Crippen molar-refractivity contribution in [2.45, 2.75) is 0 Å². The number of phenols is 1. The average Bonchev–Trinajstić information content (AvgIpc) is 2.76. The van der Waals surface area contributed by atoms with Gasteiger partial charge in [0.15, 0.2) is 0 Å². The van der Waals surface area contributed by atoms with Gasteiger partial charge in [0.1, 0.15) is 17.4 Å². The van der Waals surface area contributed by atoms with Gasteiger partial charge in [-0.1, -0.05) is 11.6 Å². The Morgan fingerprint density at radius 2 is 2.05 bits per heavy atom. The molecule has 1 aromatic heterocycles. The molecule has 0 bridgehead atoms. The molecular weight excluding hydrogens is 335 g/mol. The molecule has 2 N–H and O–H groups in total. The highest BCUT2D eigenvalue weighted by Crippen LogP contribution is 2.37. The van der Waals surface area contributed by atoms with E-state index in [9.17, 15) is 9.50 Å². The minimum absolute atomic E-state index is 0.0314. The Kier molecular flexibility index (Phi) is 2.95. The van der Waals surface area contributed by atoms with Crippen LogP contribution in [0.1, 0.15) is 0 Å². The number of hydrogen-bond acceptors (Lipinski definition) is 2. The number of H-pyrrole nitrogens is 1. The fourth-order valence-electron chi connectivity index (χ4n) is 1.86. The lowest BCUT2D eigenvalue weighted by Gasteiger charge is -2.04. The quantitative estimate of drug-likeness (QED) is 0.685. The smallest absolute Gasteiger partial charge is 0.142 e. The Morgan fingerprint density at radius 3 is 2.84 bits per heavy atom. The predicted molar refractivity (Wildman–Crippen MR) is 75.9 cm³/mol. The largest absolute Gasteiger partial charge is 0.506 e. The molecule has 0 aliphatic heterocycles. The summed E-state index contributed by atoms with van der Waals surface area (Å²) < 4.78 is 13.6. The highest BCUT2D eigenvalue weighted by atomic mass is 79.9. The molecule has 3 aromatic rings. The van der Waals surface area contributed by atoms with Gasteiger partial charge in [-0.25, -0.2) is 9.37 Å². The number of halogens is 3. The van der Waals surface area contributed by atoms with Gasteiger partial charge in [0.05, 0.1) is 21.1 Å². The molecule has 0 saturated carbocycles. The van der Waals surface area contributed by atoms with E-state index in [0.717, 1.165) is 0 Å². The van der Waals surface area contributed by atoms with Crippen LogP contribution in [-0.4, -0.2) is 15.1 Å². The van der Waals surface area contributed by atoms with Gasteiger partial charge < -0.3 is 10.1 Å². The van der Waals surface area contributed by atoms with Crippen LogP contribution in [0.4, 0.5) is 4.39 Å². The monoisotopic (exact) mass is 340 g/mol.